The summed E-state index contributed by atoms with van der Waals surface area (Å²) in [5.74, 6) is 5.87. The lowest BCUT2D eigenvalue weighted by atomic mass is 9.82. The van der Waals surface area contributed by atoms with Gasteiger partial charge in [-0.1, -0.05) is 87.7 Å². The number of amides is 4. The molecule has 8 rings (SSSR count). The minimum atomic E-state index is -1.65. The van der Waals surface area contributed by atoms with E-state index in [0.29, 0.717) is 45.3 Å². The fourth-order valence-electron chi connectivity index (χ4n) is 10.4. The van der Waals surface area contributed by atoms with Crippen LogP contribution in [-0.2, 0) is 48.1 Å². The van der Waals surface area contributed by atoms with Crippen molar-refractivity contribution in [3.8, 4) is 46.2 Å². The molecule has 4 aliphatic rings. The highest BCUT2D eigenvalue weighted by molar-refractivity contribution is 6.01. The lowest BCUT2D eigenvalue weighted by molar-refractivity contribution is -0.161. The Morgan fingerprint density at radius 2 is 1.69 bits per heavy atom. The van der Waals surface area contributed by atoms with Crippen molar-refractivity contribution in [3.05, 3.63) is 83.4 Å². The molecule has 0 unspecified atom stereocenters. The zero-order valence-electron chi connectivity index (χ0n) is 41.1. The van der Waals surface area contributed by atoms with E-state index in [2.05, 4.69) is 116 Å². The number of hydrogen-bond acceptors (Lipinski definition) is 8. The molecule has 5 heterocycles. The first-order chi connectivity index (χ1) is 32.4. The highest BCUT2D eigenvalue weighted by Gasteiger charge is 2.55. The third kappa shape index (κ3) is 9.39. The van der Waals surface area contributed by atoms with Crippen LogP contribution in [0.2, 0.25) is 0 Å². The van der Waals surface area contributed by atoms with E-state index in [1.807, 2.05) is 45.0 Å². The number of carbonyl (C=O) groups excluding carboxylic acids is 5. The van der Waals surface area contributed by atoms with E-state index in [4.69, 9.17) is 4.74 Å². The molecule has 2 fully saturated rings. The minimum absolute atomic E-state index is 0.0636. The van der Waals surface area contributed by atoms with Crippen LogP contribution in [0, 0.1) is 48.0 Å². The Kier molecular flexibility index (Phi) is 13.6. The highest BCUT2D eigenvalue weighted by atomic mass is 16.5. The molecular formula is C55H65N7O6. The molecule has 4 aliphatic heterocycles. The second-order valence-corrected chi connectivity index (χ2v) is 20.5. The lowest BCUT2D eigenvalue weighted by Gasteiger charge is -2.46. The summed E-state index contributed by atoms with van der Waals surface area (Å²) in [6.07, 6.45) is 2.15. The van der Waals surface area contributed by atoms with Crippen molar-refractivity contribution in [2.75, 3.05) is 53.9 Å². The average molecular weight is 920 g/mol. The van der Waals surface area contributed by atoms with Gasteiger partial charge in [0.05, 0.1) is 24.8 Å². The van der Waals surface area contributed by atoms with Gasteiger partial charge in [0, 0.05) is 62.0 Å². The van der Waals surface area contributed by atoms with Crippen molar-refractivity contribution >= 4 is 40.5 Å². The Hall–Kier alpha value is -6.41. The quantitative estimate of drug-likeness (QED) is 0.179. The van der Waals surface area contributed by atoms with Gasteiger partial charge in [-0.3, -0.25) is 33.9 Å². The number of benzene rings is 3. The van der Waals surface area contributed by atoms with E-state index in [0.717, 1.165) is 45.4 Å². The number of cyclic esters (lactones) is 1. The number of rotatable bonds is 7. The SMILES string of the molecule is CCn1c(-c2cccc(C)c2)c2c3cc(ccc31)-c1cccc(c1)C[C@@]1(C#CN1C(=O)[C@H](C(C)C)N(C)C(=O)[C@H]1CCN(C(=O)C#CCN(C)C)C1)C(=O)N1CCC[C@H](N1)C(=O)OCC(C)(C)C2. The monoisotopic (exact) mass is 919 g/mol. The van der Waals surface area contributed by atoms with E-state index in [-0.39, 0.29) is 37.3 Å². The van der Waals surface area contributed by atoms with E-state index >= 15 is 9.59 Å². The second-order valence-electron chi connectivity index (χ2n) is 20.5. The Labute approximate surface area is 401 Å². The van der Waals surface area contributed by atoms with Gasteiger partial charge in [0.2, 0.25) is 11.4 Å². The van der Waals surface area contributed by atoms with Crippen LogP contribution in [0.25, 0.3) is 33.3 Å². The maximum atomic E-state index is 15.2. The number of nitrogens with zero attached hydrogens (tertiary/aromatic N) is 6. The Bertz CT molecular complexity index is 2790. The summed E-state index contributed by atoms with van der Waals surface area (Å²) in [6.45, 7) is 14.5. The van der Waals surface area contributed by atoms with Crippen LogP contribution >= 0.6 is 0 Å². The summed E-state index contributed by atoms with van der Waals surface area (Å²) in [5, 5.41) is 2.56. The number of carbonyl (C=O) groups is 5. The van der Waals surface area contributed by atoms with Crippen LogP contribution in [0.5, 0.6) is 0 Å². The largest absolute Gasteiger partial charge is 0.464 e. The van der Waals surface area contributed by atoms with Crippen molar-refractivity contribution in [3.63, 3.8) is 0 Å². The van der Waals surface area contributed by atoms with Crippen LogP contribution in [0.15, 0.2) is 66.7 Å². The minimum Gasteiger partial charge on any atom is -0.464 e. The van der Waals surface area contributed by atoms with Crippen LogP contribution < -0.4 is 5.43 Å². The van der Waals surface area contributed by atoms with Gasteiger partial charge < -0.3 is 19.1 Å². The van der Waals surface area contributed by atoms with Crippen LogP contribution in [0.4, 0.5) is 0 Å². The number of nitrogens with one attached hydrogen (secondary N) is 1. The number of ether oxygens (including phenoxy) is 1. The van der Waals surface area contributed by atoms with Gasteiger partial charge in [0.1, 0.15) is 12.1 Å². The van der Waals surface area contributed by atoms with Crippen molar-refractivity contribution in [2.45, 2.75) is 97.8 Å². The molecule has 0 radical (unpaired) electrons. The number of likely N-dealkylation sites (tertiary alicyclic amines) is 1. The molecule has 0 aliphatic carbocycles. The van der Waals surface area contributed by atoms with Crippen molar-refractivity contribution in [1.82, 2.24) is 34.6 Å². The Balaban J connectivity index is 1.16. The maximum Gasteiger partial charge on any atom is 0.324 e. The van der Waals surface area contributed by atoms with Crippen LogP contribution in [0.3, 0.4) is 0 Å². The van der Waals surface area contributed by atoms with Gasteiger partial charge in [-0.05, 0) is 117 Å². The number of aryl methyl sites for hydroxylation is 2. The molecule has 1 aromatic heterocycles. The van der Waals surface area contributed by atoms with Crippen molar-refractivity contribution in [2.24, 2.45) is 17.3 Å². The number of hydrogen-bond donors (Lipinski definition) is 1. The Morgan fingerprint density at radius 1 is 0.941 bits per heavy atom. The molecule has 4 amide bonds. The van der Waals surface area contributed by atoms with Gasteiger partial charge >= 0.3 is 5.97 Å². The summed E-state index contributed by atoms with van der Waals surface area (Å²) in [5.41, 5.74) is 9.57. The normalized spacial score (nSPS) is 21.7. The summed E-state index contributed by atoms with van der Waals surface area (Å²) >= 11 is 0. The number of hydrazine groups is 1. The summed E-state index contributed by atoms with van der Waals surface area (Å²) in [4.78, 5) is 77.7. The Morgan fingerprint density at radius 3 is 2.40 bits per heavy atom. The molecule has 3 aromatic carbocycles. The smallest absolute Gasteiger partial charge is 0.324 e. The molecule has 2 saturated heterocycles. The van der Waals surface area contributed by atoms with Gasteiger partial charge in [-0.2, -0.15) is 0 Å². The summed E-state index contributed by atoms with van der Waals surface area (Å²) in [7, 11) is 5.37. The van der Waals surface area contributed by atoms with Crippen LogP contribution in [-0.4, -0.2) is 130 Å². The number of likely N-dealkylation sites (N-methyl/N-ethyl adjacent to an activating group) is 1. The van der Waals surface area contributed by atoms with Crippen molar-refractivity contribution in [1.29, 1.82) is 0 Å². The van der Waals surface area contributed by atoms with Gasteiger partial charge in [0.25, 0.3) is 17.7 Å². The third-order valence-corrected chi connectivity index (χ3v) is 13.9. The maximum absolute atomic E-state index is 15.2. The molecule has 13 heteroatoms. The van der Waals surface area contributed by atoms with Gasteiger partial charge in [-0.25, -0.2) is 10.3 Å². The van der Waals surface area contributed by atoms with Gasteiger partial charge in [0.15, 0.2) is 0 Å². The molecule has 356 valence electrons. The van der Waals surface area contributed by atoms with Gasteiger partial charge in [-0.15, -0.1) is 0 Å². The molecule has 0 saturated carbocycles. The zero-order chi connectivity index (χ0) is 48.7. The fraction of sp³-hybridized carbons (Fsp3) is 0.473. The average Bonchev–Trinajstić information content (AvgIpc) is 3.92. The topological polar surface area (TPSA) is 128 Å². The third-order valence-electron chi connectivity index (χ3n) is 13.9. The fourth-order valence-corrected chi connectivity index (χ4v) is 10.4. The summed E-state index contributed by atoms with van der Waals surface area (Å²) in [6, 6.07) is 24.4. The predicted molar refractivity (Wildman–Crippen MR) is 263 cm³/mol. The van der Waals surface area contributed by atoms with E-state index in [1.54, 1.807) is 11.9 Å². The molecule has 6 bridgehead atoms. The molecule has 4 atom stereocenters. The molecule has 13 nitrogen and oxygen atoms in total. The van der Waals surface area contributed by atoms with Crippen molar-refractivity contribution < 1.29 is 28.7 Å². The number of aromatic nitrogens is 1. The molecule has 1 N–H and O–H groups in total. The number of esters is 1. The number of fused-ring (bicyclic) bond motifs is 6. The van der Waals surface area contributed by atoms with Crippen LogP contribution in [0.1, 0.15) is 70.6 Å². The second kappa shape index (κ2) is 19.3. The van der Waals surface area contributed by atoms with E-state index in [9.17, 15) is 14.4 Å². The molecule has 68 heavy (non-hydrogen) atoms. The van der Waals surface area contributed by atoms with E-state index < -0.39 is 46.7 Å². The molecule has 4 aromatic rings. The molecule has 1 spiro atoms. The standard InChI is InChI=1S/C55H65N7O6/c1-10-60-46-22-21-40-31-43(46)44(49(60)41-18-11-15-37(4)29-41)33-54(5,6)35-68-52(66)45-19-13-26-62(56-45)53(67)55(32-38-16-12-17-39(40)30-38)24-28-61(55)51(65)48(36(2)3)58(9)50(64)42-23-27-59(34-42)47(63)20-14-25-57(7)8/h11-12,15-18,21-22,29-31,36,42,45,48,56H,10,13,19,23,25-27,32-35H2,1-9H3/t42-,45-,48-,55-/m0/s1. The first-order valence-corrected chi connectivity index (χ1v) is 24.0. The molecular weight excluding hydrogens is 855 g/mol. The first kappa shape index (κ1) is 48.1. The first-order valence-electron chi connectivity index (χ1n) is 24.0. The predicted octanol–water partition coefficient (Wildman–Crippen LogP) is 5.91. The zero-order valence-corrected chi connectivity index (χ0v) is 41.1. The van der Waals surface area contributed by atoms with E-state index in [1.165, 1.54) is 25.9 Å². The lowest BCUT2D eigenvalue weighted by Crippen LogP contribution is -2.70. The summed E-state index contributed by atoms with van der Waals surface area (Å²) < 4.78 is 8.52. The highest BCUT2D eigenvalue weighted by Crippen LogP contribution is 2.41.